The molecular formula is C25H30ClN7O. The third kappa shape index (κ3) is 7.18. The summed E-state index contributed by atoms with van der Waals surface area (Å²) >= 11 is 0. The molecule has 178 valence electrons. The highest BCUT2D eigenvalue weighted by atomic mass is 35.5. The molecule has 0 aliphatic heterocycles. The molecule has 2 aromatic heterocycles. The van der Waals surface area contributed by atoms with Gasteiger partial charge >= 0.3 is 0 Å². The van der Waals surface area contributed by atoms with Crippen LogP contribution in [0.4, 0.5) is 5.95 Å². The summed E-state index contributed by atoms with van der Waals surface area (Å²) in [5.41, 5.74) is 10.4. The fourth-order valence-electron chi connectivity index (χ4n) is 3.69. The predicted octanol–water partition coefficient (Wildman–Crippen LogP) is 4.06. The van der Waals surface area contributed by atoms with Crippen LogP contribution in [0.3, 0.4) is 0 Å². The van der Waals surface area contributed by atoms with Crippen molar-refractivity contribution >= 4 is 24.3 Å². The first kappa shape index (κ1) is 25.0. The van der Waals surface area contributed by atoms with Crippen molar-refractivity contribution in [3.05, 3.63) is 83.9 Å². The van der Waals surface area contributed by atoms with Crippen LogP contribution in [0.15, 0.2) is 67.0 Å². The molecule has 0 atom stereocenters. The summed E-state index contributed by atoms with van der Waals surface area (Å²) in [6.45, 7) is 1.08. The number of nitrogen functional groups attached to an aromatic ring is 1. The van der Waals surface area contributed by atoms with E-state index in [0.717, 1.165) is 54.6 Å². The first-order valence-electron chi connectivity index (χ1n) is 11.3. The van der Waals surface area contributed by atoms with Crippen LogP contribution in [0, 0.1) is 0 Å². The highest BCUT2D eigenvalue weighted by Crippen LogP contribution is 2.19. The molecule has 4 rings (SSSR count). The molecule has 0 fully saturated rings. The SMILES string of the molecule is Cl.Nc1nc(CCCCCc2cn(CCNC(=O)c3ccc(-c4ccccc4)cc3)nn2)c[nH]1. The molecule has 1 amide bonds. The van der Waals surface area contributed by atoms with Crippen molar-refractivity contribution in [3.8, 4) is 11.1 Å². The summed E-state index contributed by atoms with van der Waals surface area (Å²) in [5, 5.41) is 11.4. The fraction of sp³-hybridized carbons (Fsp3) is 0.280. The van der Waals surface area contributed by atoms with Gasteiger partial charge in [0.05, 0.1) is 17.9 Å². The molecule has 0 spiro atoms. The summed E-state index contributed by atoms with van der Waals surface area (Å²) in [4.78, 5) is 19.5. The van der Waals surface area contributed by atoms with Crippen LogP contribution in [0.1, 0.15) is 41.0 Å². The van der Waals surface area contributed by atoms with Crippen molar-refractivity contribution in [2.75, 3.05) is 12.3 Å². The normalized spacial score (nSPS) is 10.6. The first-order chi connectivity index (χ1) is 16.2. The molecule has 0 aliphatic carbocycles. The van der Waals surface area contributed by atoms with E-state index in [9.17, 15) is 4.79 Å². The molecule has 9 heteroatoms. The number of amides is 1. The number of nitrogens with one attached hydrogen (secondary N) is 2. The standard InChI is InChI=1S/C25H29N7O.ClH/c26-25-28-17-22(29-25)9-5-2-6-10-23-18-32(31-30-23)16-15-27-24(33)21-13-11-20(12-14-21)19-7-3-1-4-8-19;/h1,3-4,7-8,11-14,17-18H,2,5-6,9-10,15-16H2,(H,27,33)(H3,26,28,29);1H. The lowest BCUT2D eigenvalue weighted by molar-refractivity contribution is 0.0952. The van der Waals surface area contributed by atoms with Gasteiger partial charge in [0.25, 0.3) is 5.91 Å². The van der Waals surface area contributed by atoms with Gasteiger partial charge in [0, 0.05) is 24.5 Å². The number of benzene rings is 2. The van der Waals surface area contributed by atoms with Crippen molar-refractivity contribution in [3.63, 3.8) is 0 Å². The molecule has 4 N–H and O–H groups in total. The fourth-order valence-corrected chi connectivity index (χ4v) is 3.69. The number of aryl methyl sites for hydroxylation is 2. The number of nitrogens with zero attached hydrogens (tertiary/aromatic N) is 4. The Bertz CT molecular complexity index is 1160. The second kappa shape index (κ2) is 12.6. The molecule has 0 saturated heterocycles. The van der Waals surface area contributed by atoms with Crippen LogP contribution in [-0.2, 0) is 19.4 Å². The third-order valence-corrected chi connectivity index (χ3v) is 5.48. The Morgan fingerprint density at radius 2 is 1.65 bits per heavy atom. The van der Waals surface area contributed by atoms with E-state index in [1.54, 1.807) is 4.68 Å². The largest absolute Gasteiger partial charge is 0.369 e. The molecule has 0 radical (unpaired) electrons. The van der Waals surface area contributed by atoms with E-state index in [4.69, 9.17) is 5.73 Å². The Morgan fingerprint density at radius 1 is 0.941 bits per heavy atom. The van der Waals surface area contributed by atoms with E-state index in [-0.39, 0.29) is 18.3 Å². The number of carbonyl (C=O) groups is 1. The van der Waals surface area contributed by atoms with Gasteiger partial charge in [0.1, 0.15) is 0 Å². The maximum atomic E-state index is 12.4. The van der Waals surface area contributed by atoms with Gasteiger partial charge < -0.3 is 16.0 Å². The van der Waals surface area contributed by atoms with Gasteiger partial charge in [0.15, 0.2) is 5.95 Å². The number of rotatable bonds is 11. The zero-order valence-corrected chi connectivity index (χ0v) is 19.8. The zero-order valence-electron chi connectivity index (χ0n) is 19.0. The summed E-state index contributed by atoms with van der Waals surface area (Å²) in [7, 11) is 0. The minimum absolute atomic E-state index is 0. The smallest absolute Gasteiger partial charge is 0.251 e. The van der Waals surface area contributed by atoms with Crippen LogP contribution in [0.5, 0.6) is 0 Å². The predicted molar refractivity (Wildman–Crippen MR) is 136 cm³/mol. The van der Waals surface area contributed by atoms with Gasteiger partial charge in [-0.3, -0.25) is 9.48 Å². The first-order valence-corrected chi connectivity index (χ1v) is 11.3. The lowest BCUT2D eigenvalue weighted by Crippen LogP contribution is -2.27. The van der Waals surface area contributed by atoms with E-state index >= 15 is 0 Å². The molecule has 0 bridgehead atoms. The Balaban J connectivity index is 0.00000324. The molecule has 34 heavy (non-hydrogen) atoms. The zero-order chi connectivity index (χ0) is 22.9. The van der Waals surface area contributed by atoms with Gasteiger partial charge in [-0.15, -0.1) is 17.5 Å². The average molecular weight is 480 g/mol. The summed E-state index contributed by atoms with van der Waals surface area (Å²) in [6, 6.07) is 17.8. The van der Waals surface area contributed by atoms with Gasteiger partial charge in [-0.05, 0) is 48.9 Å². The van der Waals surface area contributed by atoms with Crippen LogP contribution in [0.2, 0.25) is 0 Å². The Morgan fingerprint density at radius 3 is 2.35 bits per heavy atom. The van der Waals surface area contributed by atoms with Gasteiger partial charge in [-0.1, -0.05) is 54.1 Å². The van der Waals surface area contributed by atoms with Crippen molar-refractivity contribution in [1.29, 1.82) is 0 Å². The molecular weight excluding hydrogens is 450 g/mol. The number of nitrogens with two attached hydrogens (primary N) is 1. The highest BCUT2D eigenvalue weighted by Gasteiger charge is 2.07. The number of hydrogen-bond acceptors (Lipinski definition) is 5. The minimum Gasteiger partial charge on any atom is -0.369 e. The molecule has 8 nitrogen and oxygen atoms in total. The number of carbonyl (C=O) groups excluding carboxylic acids is 1. The molecule has 0 unspecified atom stereocenters. The monoisotopic (exact) mass is 479 g/mol. The second-order valence-corrected chi connectivity index (χ2v) is 8.01. The number of hydrogen-bond donors (Lipinski definition) is 3. The average Bonchev–Trinajstić information content (AvgIpc) is 3.48. The minimum atomic E-state index is -0.0892. The quantitative estimate of drug-likeness (QED) is 0.281. The number of aromatic nitrogens is 5. The van der Waals surface area contributed by atoms with E-state index < -0.39 is 0 Å². The highest BCUT2D eigenvalue weighted by molar-refractivity contribution is 5.94. The van der Waals surface area contributed by atoms with E-state index in [2.05, 4.69) is 37.7 Å². The number of H-pyrrole nitrogens is 1. The van der Waals surface area contributed by atoms with Crippen LogP contribution < -0.4 is 11.1 Å². The Kier molecular flexibility index (Phi) is 9.22. The van der Waals surface area contributed by atoms with E-state index in [1.165, 1.54) is 0 Å². The Labute approximate surface area is 205 Å². The van der Waals surface area contributed by atoms with E-state index in [1.807, 2.05) is 54.9 Å². The van der Waals surface area contributed by atoms with Crippen molar-refractivity contribution < 1.29 is 4.79 Å². The van der Waals surface area contributed by atoms with Gasteiger partial charge in [-0.2, -0.15) is 0 Å². The number of halogens is 1. The summed E-state index contributed by atoms with van der Waals surface area (Å²) < 4.78 is 1.78. The van der Waals surface area contributed by atoms with Gasteiger partial charge in [0.2, 0.25) is 0 Å². The Hall–Kier alpha value is -3.65. The van der Waals surface area contributed by atoms with Crippen molar-refractivity contribution in [2.45, 2.75) is 38.6 Å². The molecule has 4 aromatic rings. The summed E-state index contributed by atoms with van der Waals surface area (Å²) in [5.74, 6) is 0.382. The lowest BCUT2D eigenvalue weighted by atomic mass is 10.0. The van der Waals surface area contributed by atoms with Crippen LogP contribution in [-0.4, -0.2) is 37.4 Å². The molecule has 0 saturated carbocycles. The van der Waals surface area contributed by atoms with Crippen LogP contribution >= 0.6 is 12.4 Å². The molecule has 2 aromatic carbocycles. The topological polar surface area (TPSA) is 115 Å². The molecule has 0 aliphatic rings. The maximum Gasteiger partial charge on any atom is 0.251 e. The van der Waals surface area contributed by atoms with Crippen molar-refractivity contribution in [2.24, 2.45) is 0 Å². The number of unbranched alkanes of at least 4 members (excludes halogenated alkanes) is 2. The number of anilines is 1. The second-order valence-electron chi connectivity index (χ2n) is 8.01. The van der Waals surface area contributed by atoms with Gasteiger partial charge in [-0.25, -0.2) is 4.98 Å². The lowest BCUT2D eigenvalue weighted by Gasteiger charge is -2.06. The number of imidazole rings is 1. The molecule has 2 heterocycles. The van der Waals surface area contributed by atoms with Crippen molar-refractivity contribution in [1.82, 2.24) is 30.3 Å². The number of aromatic amines is 1. The summed E-state index contributed by atoms with van der Waals surface area (Å²) in [6.07, 6.45) is 8.84. The maximum absolute atomic E-state index is 12.4. The van der Waals surface area contributed by atoms with E-state index in [0.29, 0.717) is 24.6 Å². The van der Waals surface area contributed by atoms with Crippen LogP contribution in [0.25, 0.3) is 11.1 Å². The third-order valence-electron chi connectivity index (χ3n) is 5.48.